The van der Waals surface area contributed by atoms with Crippen LogP contribution in [0, 0.1) is 24.2 Å². The topological polar surface area (TPSA) is 95.3 Å². The van der Waals surface area contributed by atoms with Crippen molar-refractivity contribution in [2.75, 3.05) is 30.9 Å². The number of hydrogen-bond acceptors (Lipinski definition) is 6. The van der Waals surface area contributed by atoms with Crippen LogP contribution in [0.3, 0.4) is 0 Å². The van der Waals surface area contributed by atoms with Gasteiger partial charge in [0.05, 0.1) is 6.07 Å². The summed E-state index contributed by atoms with van der Waals surface area (Å²) in [5.41, 5.74) is 2.70. The smallest absolute Gasteiger partial charge is 0.249 e. The second kappa shape index (κ2) is 12.5. The molecule has 0 spiro atoms. The third kappa shape index (κ3) is 7.92. The Morgan fingerprint density at radius 3 is 2.31 bits per heavy atom. The molecule has 164 valence electrons. The van der Waals surface area contributed by atoms with E-state index in [1.807, 2.05) is 50.2 Å². The number of aromatic nitrogens is 1. The molecule has 1 N–H and O–H groups in total. The molecule has 3 rings (SSSR count). The second-order valence-electron chi connectivity index (χ2n) is 7.09. The molecule has 0 fully saturated rings. The van der Waals surface area contributed by atoms with Crippen molar-refractivity contribution in [1.82, 2.24) is 4.98 Å². The van der Waals surface area contributed by atoms with Gasteiger partial charge in [0.25, 0.3) is 0 Å². The summed E-state index contributed by atoms with van der Waals surface area (Å²) in [6.45, 7) is 1.56. The third-order valence-electron chi connectivity index (χ3n) is 4.30. The lowest BCUT2D eigenvalue weighted by atomic mass is 10.1. The molecule has 7 nitrogen and oxygen atoms in total. The van der Waals surface area contributed by atoms with Crippen molar-refractivity contribution in [3.8, 4) is 11.8 Å². The van der Waals surface area contributed by atoms with Gasteiger partial charge in [0.2, 0.25) is 5.91 Å². The van der Waals surface area contributed by atoms with E-state index >= 15 is 0 Å². The number of Topliss-reactive ketones (excluding diaryl/α,β-unsaturated/α-hetero) is 1. The van der Waals surface area contributed by atoms with Gasteiger partial charge in [0.1, 0.15) is 12.4 Å². The fourth-order valence-electron chi connectivity index (χ4n) is 2.61. The first-order valence-electron chi connectivity index (χ1n) is 9.95. The number of amides is 1. The monoisotopic (exact) mass is 430 g/mol. The van der Waals surface area contributed by atoms with Crippen LogP contribution in [0.2, 0.25) is 0 Å². The maximum absolute atomic E-state index is 12.1. The van der Waals surface area contributed by atoms with Crippen molar-refractivity contribution in [2.24, 2.45) is 5.92 Å². The van der Waals surface area contributed by atoms with E-state index in [1.54, 1.807) is 60.9 Å². The molecule has 1 atom stereocenters. The van der Waals surface area contributed by atoms with Crippen molar-refractivity contribution in [1.29, 1.82) is 5.26 Å². The zero-order valence-electron chi connectivity index (χ0n) is 18.4. The SMILES string of the molecule is CN(C)c1ccncc1.Cc1cccc(NC(=O)C(C#N)C(=O)COc2ccccc2)c1. The molecule has 32 heavy (non-hydrogen) atoms. The first-order chi connectivity index (χ1) is 15.4. The highest BCUT2D eigenvalue weighted by atomic mass is 16.5. The Bertz CT molecular complexity index is 1050. The molecule has 0 bridgehead atoms. The Balaban J connectivity index is 0.000000336. The number of ether oxygens (including phenoxy) is 1. The highest BCUT2D eigenvalue weighted by Crippen LogP contribution is 2.13. The van der Waals surface area contributed by atoms with Crippen LogP contribution in [0.25, 0.3) is 0 Å². The summed E-state index contributed by atoms with van der Waals surface area (Å²) in [5.74, 6) is -2.13. The lowest BCUT2D eigenvalue weighted by Gasteiger charge is -2.11. The molecule has 0 aliphatic heterocycles. The van der Waals surface area contributed by atoms with Crippen LogP contribution in [0.1, 0.15) is 5.56 Å². The van der Waals surface area contributed by atoms with E-state index in [2.05, 4.69) is 10.3 Å². The van der Waals surface area contributed by atoms with Crippen LogP contribution in [0.15, 0.2) is 79.1 Å². The van der Waals surface area contributed by atoms with Crippen LogP contribution >= 0.6 is 0 Å². The number of benzene rings is 2. The minimum absolute atomic E-state index is 0.330. The normalized spacial score (nSPS) is 10.6. The van der Waals surface area contributed by atoms with Gasteiger partial charge in [-0.3, -0.25) is 14.6 Å². The summed E-state index contributed by atoms with van der Waals surface area (Å²) in [6.07, 6.45) is 3.57. The van der Waals surface area contributed by atoms with Crippen LogP contribution in [0.5, 0.6) is 5.75 Å². The Kier molecular flexibility index (Phi) is 9.41. The van der Waals surface area contributed by atoms with Gasteiger partial charge in [-0.2, -0.15) is 5.26 Å². The van der Waals surface area contributed by atoms with Crippen molar-refractivity contribution in [3.63, 3.8) is 0 Å². The molecule has 1 aromatic heterocycles. The summed E-state index contributed by atoms with van der Waals surface area (Å²) in [6, 6.07) is 21.6. The zero-order valence-corrected chi connectivity index (χ0v) is 18.4. The number of anilines is 2. The molecule has 1 unspecified atom stereocenters. The van der Waals surface area contributed by atoms with E-state index in [0.29, 0.717) is 11.4 Å². The van der Waals surface area contributed by atoms with Gasteiger partial charge < -0.3 is 15.0 Å². The number of nitriles is 1. The number of pyridine rings is 1. The average molecular weight is 431 g/mol. The fourth-order valence-corrected chi connectivity index (χ4v) is 2.61. The van der Waals surface area contributed by atoms with Crippen LogP contribution < -0.4 is 15.0 Å². The fraction of sp³-hybridized carbons (Fsp3) is 0.200. The standard InChI is InChI=1S/C18H16N2O3.C7H10N2/c1-13-6-5-7-14(10-13)20-18(22)16(11-19)17(21)12-23-15-8-3-2-4-9-15;1-9(2)7-3-5-8-6-4-7/h2-10,16H,12H2,1H3,(H,20,22);3-6H,1-2H3. The first-order valence-corrected chi connectivity index (χ1v) is 9.95. The van der Waals surface area contributed by atoms with Crippen molar-refractivity contribution in [3.05, 3.63) is 84.7 Å². The van der Waals surface area contributed by atoms with E-state index in [0.717, 1.165) is 5.56 Å². The minimum Gasteiger partial charge on any atom is -0.486 e. The van der Waals surface area contributed by atoms with Crippen molar-refractivity contribution >= 4 is 23.1 Å². The number of hydrogen-bond donors (Lipinski definition) is 1. The lowest BCUT2D eigenvalue weighted by molar-refractivity contribution is -0.130. The predicted octanol–water partition coefficient (Wildman–Crippen LogP) is 3.87. The molecule has 0 saturated carbocycles. The average Bonchev–Trinajstić information content (AvgIpc) is 2.80. The number of para-hydroxylation sites is 1. The highest BCUT2D eigenvalue weighted by molar-refractivity contribution is 6.09. The molecule has 1 amide bonds. The van der Waals surface area contributed by atoms with Gasteiger partial charge in [-0.1, -0.05) is 30.3 Å². The van der Waals surface area contributed by atoms with Gasteiger partial charge in [-0.05, 0) is 48.9 Å². The summed E-state index contributed by atoms with van der Waals surface area (Å²) in [7, 11) is 4.02. The summed E-state index contributed by atoms with van der Waals surface area (Å²) in [4.78, 5) is 30.1. The summed E-state index contributed by atoms with van der Waals surface area (Å²) < 4.78 is 5.29. The summed E-state index contributed by atoms with van der Waals surface area (Å²) in [5, 5.41) is 11.7. The lowest BCUT2D eigenvalue weighted by Crippen LogP contribution is -2.31. The number of nitrogens with zero attached hydrogens (tertiary/aromatic N) is 3. The molecule has 0 aliphatic carbocycles. The molecular formula is C25H26N4O3. The van der Waals surface area contributed by atoms with Crippen LogP contribution in [-0.2, 0) is 9.59 Å². The van der Waals surface area contributed by atoms with E-state index < -0.39 is 17.6 Å². The van der Waals surface area contributed by atoms with Crippen LogP contribution in [0.4, 0.5) is 11.4 Å². The van der Waals surface area contributed by atoms with Gasteiger partial charge in [0, 0.05) is 37.9 Å². The molecule has 7 heteroatoms. The molecule has 0 radical (unpaired) electrons. The summed E-state index contributed by atoms with van der Waals surface area (Å²) >= 11 is 0. The molecule has 1 heterocycles. The maximum Gasteiger partial charge on any atom is 0.249 e. The number of carbonyl (C=O) groups excluding carboxylic acids is 2. The third-order valence-corrected chi connectivity index (χ3v) is 4.30. The second-order valence-corrected chi connectivity index (χ2v) is 7.09. The number of aryl methyl sites for hydroxylation is 1. The predicted molar refractivity (Wildman–Crippen MR) is 124 cm³/mol. The molecule has 0 aliphatic rings. The minimum atomic E-state index is -1.40. The van der Waals surface area contributed by atoms with Gasteiger partial charge in [0.15, 0.2) is 11.7 Å². The Labute approximate surface area is 188 Å². The Morgan fingerprint density at radius 2 is 1.75 bits per heavy atom. The number of nitrogens with one attached hydrogen (secondary N) is 1. The highest BCUT2D eigenvalue weighted by Gasteiger charge is 2.26. The van der Waals surface area contributed by atoms with Gasteiger partial charge >= 0.3 is 0 Å². The van der Waals surface area contributed by atoms with Crippen LogP contribution in [-0.4, -0.2) is 37.4 Å². The zero-order chi connectivity index (χ0) is 23.3. The largest absolute Gasteiger partial charge is 0.486 e. The van der Waals surface area contributed by atoms with Crippen molar-refractivity contribution in [2.45, 2.75) is 6.92 Å². The first kappa shape index (κ1) is 24.1. The quantitative estimate of drug-likeness (QED) is 0.572. The number of carbonyl (C=O) groups is 2. The molecular weight excluding hydrogens is 404 g/mol. The maximum atomic E-state index is 12.1. The Morgan fingerprint density at radius 1 is 1.06 bits per heavy atom. The number of rotatable bonds is 7. The Hall–Kier alpha value is -4.18. The van der Waals surface area contributed by atoms with Gasteiger partial charge in [-0.15, -0.1) is 0 Å². The van der Waals surface area contributed by atoms with E-state index in [1.165, 1.54) is 5.69 Å². The molecule has 2 aromatic carbocycles. The van der Waals surface area contributed by atoms with Crippen molar-refractivity contribution < 1.29 is 14.3 Å². The van der Waals surface area contributed by atoms with E-state index in [-0.39, 0.29) is 6.61 Å². The van der Waals surface area contributed by atoms with Gasteiger partial charge in [-0.25, -0.2) is 0 Å². The molecule has 3 aromatic rings. The molecule has 0 saturated heterocycles. The van der Waals surface area contributed by atoms with E-state index in [4.69, 9.17) is 10.00 Å². The number of ketones is 1. The van der Waals surface area contributed by atoms with E-state index in [9.17, 15) is 9.59 Å².